The molecule has 0 N–H and O–H groups in total. The molecule has 0 aliphatic heterocycles. The fourth-order valence-electron chi connectivity index (χ4n) is 2.32. The minimum atomic E-state index is 0.693. The van der Waals surface area contributed by atoms with Crippen molar-refractivity contribution in [1.82, 2.24) is 19.9 Å². The first-order chi connectivity index (χ1) is 10.7. The standard InChI is InChI=1S/C16H17ClN4O/c1-3-5-15-18-16(13-10-22-20-14(13)4-2)21(19-15)12-8-6-11(17)7-9-12/h6-10H,3-5H2,1-2H3. The van der Waals surface area contributed by atoms with Gasteiger partial charge in [0.15, 0.2) is 11.6 Å². The van der Waals surface area contributed by atoms with Crippen molar-refractivity contribution in [2.45, 2.75) is 33.1 Å². The largest absolute Gasteiger partial charge is 0.364 e. The first kappa shape index (κ1) is 14.8. The lowest BCUT2D eigenvalue weighted by atomic mass is 10.2. The maximum atomic E-state index is 5.97. The van der Waals surface area contributed by atoms with Gasteiger partial charge in [-0.05, 0) is 37.1 Å². The van der Waals surface area contributed by atoms with E-state index in [0.29, 0.717) is 5.02 Å². The fraction of sp³-hybridized carbons (Fsp3) is 0.312. The van der Waals surface area contributed by atoms with Gasteiger partial charge in [0.2, 0.25) is 0 Å². The Hall–Kier alpha value is -2.14. The molecule has 114 valence electrons. The fourth-order valence-corrected chi connectivity index (χ4v) is 2.44. The zero-order chi connectivity index (χ0) is 15.5. The van der Waals surface area contributed by atoms with Gasteiger partial charge >= 0.3 is 0 Å². The summed E-state index contributed by atoms with van der Waals surface area (Å²) in [4.78, 5) is 4.67. The van der Waals surface area contributed by atoms with Crippen LogP contribution in [0.5, 0.6) is 0 Å². The Morgan fingerprint density at radius 1 is 1.18 bits per heavy atom. The van der Waals surface area contributed by atoms with Crippen LogP contribution in [0.2, 0.25) is 5.02 Å². The smallest absolute Gasteiger partial charge is 0.168 e. The molecule has 0 fully saturated rings. The van der Waals surface area contributed by atoms with Crippen molar-refractivity contribution in [2.75, 3.05) is 0 Å². The molecule has 22 heavy (non-hydrogen) atoms. The van der Waals surface area contributed by atoms with Crippen LogP contribution in [-0.4, -0.2) is 19.9 Å². The van der Waals surface area contributed by atoms with E-state index in [0.717, 1.165) is 47.9 Å². The van der Waals surface area contributed by atoms with Crippen molar-refractivity contribution >= 4 is 11.6 Å². The molecule has 3 rings (SSSR count). The van der Waals surface area contributed by atoms with E-state index in [1.165, 1.54) is 0 Å². The van der Waals surface area contributed by atoms with Gasteiger partial charge in [0.1, 0.15) is 6.26 Å². The molecule has 0 spiro atoms. The molecule has 0 atom stereocenters. The third kappa shape index (κ3) is 2.76. The molecule has 0 bridgehead atoms. The summed E-state index contributed by atoms with van der Waals surface area (Å²) in [6.07, 6.45) is 4.24. The number of rotatable bonds is 5. The van der Waals surface area contributed by atoms with Crippen LogP contribution < -0.4 is 0 Å². The Kier molecular flexibility index (Phi) is 4.24. The average Bonchev–Trinajstić information content (AvgIpc) is 3.14. The molecule has 1 aromatic carbocycles. The summed E-state index contributed by atoms with van der Waals surface area (Å²) in [7, 11) is 0. The van der Waals surface area contributed by atoms with Crippen molar-refractivity contribution in [3.63, 3.8) is 0 Å². The molecule has 0 aliphatic rings. The Balaban J connectivity index is 2.13. The molecule has 0 amide bonds. The monoisotopic (exact) mass is 316 g/mol. The number of aryl methyl sites for hydroxylation is 2. The Labute approximate surface area is 133 Å². The highest BCUT2D eigenvalue weighted by Gasteiger charge is 2.18. The highest BCUT2D eigenvalue weighted by atomic mass is 35.5. The van der Waals surface area contributed by atoms with Crippen LogP contribution in [0.25, 0.3) is 17.1 Å². The summed E-state index contributed by atoms with van der Waals surface area (Å²) in [5, 5.41) is 9.36. The van der Waals surface area contributed by atoms with E-state index < -0.39 is 0 Å². The van der Waals surface area contributed by atoms with Crippen LogP contribution in [0.3, 0.4) is 0 Å². The van der Waals surface area contributed by atoms with E-state index in [-0.39, 0.29) is 0 Å². The molecule has 5 nitrogen and oxygen atoms in total. The van der Waals surface area contributed by atoms with E-state index in [2.05, 4.69) is 22.2 Å². The molecule has 0 saturated heterocycles. The van der Waals surface area contributed by atoms with Gasteiger partial charge in [-0.25, -0.2) is 9.67 Å². The number of halogens is 1. The van der Waals surface area contributed by atoms with E-state index in [1.54, 1.807) is 6.26 Å². The van der Waals surface area contributed by atoms with Crippen molar-refractivity contribution in [1.29, 1.82) is 0 Å². The van der Waals surface area contributed by atoms with Crippen LogP contribution >= 0.6 is 11.6 Å². The average molecular weight is 317 g/mol. The van der Waals surface area contributed by atoms with Gasteiger partial charge in [0.25, 0.3) is 0 Å². The Bertz CT molecular complexity index is 761. The summed E-state index contributed by atoms with van der Waals surface area (Å²) in [5.41, 5.74) is 2.68. The highest BCUT2D eigenvalue weighted by Crippen LogP contribution is 2.25. The van der Waals surface area contributed by atoms with Crippen LogP contribution in [0.1, 0.15) is 31.8 Å². The first-order valence-corrected chi connectivity index (χ1v) is 7.76. The molecule has 0 saturated carbocycles. The molecule has 0 unspecified atom stereocenters. The molecule has 0 aliphatic carbocycles. The molecule has 0 radical (unpaired) electrons. The molecule has 2 aromatic heterocycles. The van der Waals surface area contributed by atoms with Crippen LogP contribution in [0, 0.1) is 0 Å². The maximum absolute atomic E-state index is 5.97. The summed E-state index contributed by atoms with van der Waals surface area (Å²) in [6, 6.07) is 7.54. The lowest BCUT2D eigenvalue weighted by Gasteiger charge is -2.05. The van der Waals surface area contributed by atoms with Crippen molar-refractivity contribution < 1.29 is 4.52 Å². The highest BCUT2D eigenvalue weighted by molar-refractivity contribution is 6.30. The van der Waals surface area contributed by atoms with E-state index >= 15 is 0 Å². The molecule has 3 aromatic rings. The zero-order valence-electron chi connectivity index (χ0n) is 12.6. The summed E-state index contributed by atoms with van der Waals surface area (Å²) in [6.45, 7) is 4.15. The number of aromatic nitrogens is 4. The lowest BCUT2D eigenvalue weighted by Crippen LogP contribution is -2.00. The molecular formula is C16H17ClN4O. The molecule has 2 heterocycles. The predicted octanol–water partition coefficient (Wildman–Crippen LogP) is 4.09. The second kappa shape index (κ2) is 6.32. The number of hydrogen-bond donors (Lipinski definition) is 0. The summed E-state index contributed by atoms with van der Waals surface area (Å²) in [5.74, 6) is 1.57. The van der Waals surface area contributed by atoms with Crippen LogP contribution in [0.15, 0.2) is 35.1 Å². The van der Waals surface area contributed by atoms with E-state index in [9.17, 15) is 0 Å². The van der Waals surface area contributed by atoms with Crippen molar-refractivity contribution in [3.8, 4) is 17.1 Å². The van der Waals surface area contributed by atoms with Crippen molar-refractivity contribution in [2.24, 2.45) is 0 Å². The van der Waals surface area contributed by atoms with Crippen LogP contribution in [-0.2, 0) is 12.8 Å². The normalized spacial score (nSPS) is 11.0. The van der Waals surface area contributed by atoms with Gasteiger partial charge in [-0.2, -0.15) is 5.10 Å². The number of benzene rings is 1. The summed E-state index contributed by atoms with van der Waals surface area (Å²) >= 11 is 5.97. The second-order valence-corrected chi connectivity index (χ2v) is 5.45. The quantitative estimate of drug-likeness (QED) is 0.711. The predicted molar refractivity (Wildman–Crippen MR) is 85.2 cm³/mol. The maximum Gasteiger partial charge on any atom is 0.168 e. The van der Waals surface area contributed by atoms with Crippen molar-refractivity contribution in [3.05, 3.63) is 47.1 Å². The lowest BCUT2D eigenvalue weighted by molar-refractivity contribution is 0.412. The topological polar surface area (TPSA) is 56.7 Å². The van der Waals surface area contributed by atoms with Crippen LogP contribution in [0.4, 0.5) is 0 Å². The number of hydrogen-bond acceptors (Lipinski definition) is 4. The van der Waals surface area contributed by atoms with Gasteiger partial charge in [0, 0.05) is 11.4 Å². The minimum absolute atomic E-state index is 0.693. The van der Waals surface area contributed by atoms with Gasteiger partial charge in [-0.3, -0.25) is 0 Å². The Morgan fingerprint density at radius 3 is 2.64 bits per heavy atom. The molecular weight excluding hydrogens is 300 g/mol. The van der Waals surface area contributed by atoms with Gasteiger partial charge < -0.3 is 4.52 Å². The van der Waals surface area contributed by atoms with Gasteiger partial charge in [0.05, 0.1) is 16.9 Å². The third-order valence-electron chi connectivity index (χ3n) is 3.42. The Morgan fingerprint density at radius 2 is 1.95 bits per heavy atom. The van der Waals surface area contributed by atoms with E-state index in [4.69, 9.17) is 16.1 Å². The molecule has 6 heteroatoms. The zero-order valence-corrected chi connectivity index (χ0v) is 13.3. The summed E-state index contributed by atoms with van der Waals surface area (Å²) < 4.78 is 6.94. The second-order valence-electron chi connectivity index (χ2n) is 5.02. The van der Waals surface area contributed by atoms with E-state index in [1.807, 2.05) is 35.9 Å². The SMILES string of the molecule is CCCc1nc(-c2conc2CC)n(-c2ccc(Cl)cc2)n1. The third-order valence-corrected chi connectivity index (χ3v) is 3.67. The van der Waals surface area contributed by atoms with Gasteiger partial charge in [-0.1, -0.05) is 30.6 Å². The van der Waals surface area contributed by atoms with Gasteiger partial charge in [-0.15, -0.1) is 0 Å². The first-order valence-electron chi connectivity index (χ1n) is 7.38. The number of nitrogens with zero attached hydrogens (tertiary/aromatic N) is 4. The minimum Gasteiger partial charge on any atom is -0.364 e.